The van der Waals surface area contributed by atoms with Crippen molar-refractivity contribution in [3.63, 3.8) is 0 Å². The lowest BCUT2D eigenvalue weighted by Gasteiger charge is -2.27. The van der Waals surface area contributed by atoms with E-state index in [9.17, 15) is 0 Å². The number of fused-ring (bicyclic) bond motifs is 4. The summed E-state index contributed by atoms with van der Waals surface area (Å²) in [6.07, 6.45) is 0. The van der Waals surface area contributed by atoms with Crippen molar-refractivity contribution in [3.8, 4) is 44.5 Å². The van der Waals surface area contributed by atoms with Crippen LogP contribution in [0.1, 0.15) is 0 Å². The summed E-state index contributed by atoms with van der Waals surface area (Å²) in [5, 5.41) is 4.79. The van der Waals surface area contributed by atoms with E-state index in [4.69, 9.17) is 4.42 Å². The molecule has 0 N–H and O–H groups in total. The van der Waals surface area contributed by atoms with Crippen molar-refractivity contribution >= 4 is 49.8 Å². The smallest absolute Gasteiger partial charge is 0.136 e. The molecule has 0 radical (unpaired) electrons. The second-order valence-electron chi connectivity index (χ2n) is 13.7. The van der Waals surface area contributed by atoms with Gasteiger partial charge in [0.05, 0.1) is 0 Å². The van der Waals surface area contributed by atoms with Crippen LogP contribution in [0.4, 0.5) is 17.1 Å². The van der Waals surface area contributed by atoms with Crippen molar-refractivity contribution in [2.45, 2.75) is 0 Å². The molecule has 0 atom stereocenters. The van der Waals surface area contributed by atoms with E-state index in [1.165, 1.54) is 33.0 Å². The van der Waals surface area contributed by atoms with Crippen LogP contribution in [-0.2, 0) is 0 Å². The lowest BCUT2D eigenvalue weighted by molar-refractivity contribution is 0.669. The Kier molecular flexibility index (Phi) is 7.85. The lowest BCUT2D eigenvalue weighted by Crippen LogP contribution is -2.10. The van der Waals surface area contributed by atoms with E-state index < -0.39 is 0 Å². The van der Waals surface area contributed by atoms with Gasteiger partial charge < -0.3 is 9.32 Å². The zero-order valence-electron chi connectivity index (χ0n) is 29.6. The van der Waals surface area contributed by atoms with Gasteiger partial charge in [0.15, 0.2) is 0 Å². The summed E-state index contributed by atoms with van der Waals surface area (Å²) < 4.78 is 6.31. The van der Waals surface area contributed by atoms with Crippen LogP contribution in [-0.4, -0.2) is 0 Å². The molecule has 0 unspecified atom stereocenters. The first-order valence-electron chi connectivity index (χ1n) is 18.4. The third-order valence-corrected chi connectivity index (χ3v) is 10.5. The van der Waals surface area contributed by atoms with Crippen LogP contribution in [0.15, 0.2) is 217 Å². The molecule has 0 spiro atoms. The maximum atomic E-state index is 6.31. The van der Waals surface area contributed by atoms with Crippen molar-refractivity contribution < 1.29 is 4.42 Å². The quantitative estimate of drug-likeness (QED) is 0.166. The van der Waals surface area contributed by atoms with Crippen LogP contribution < -0.4 is 4.90 Å². The van der Waals surface area contributed by atoms with Gasteiger partial charge in [0.1, 0.15) is 11.2 Å². The first-order valence-corrected chi connectivity index (χ1v) is 18.4. The number of para-hydroxylation sites is 2. The fraction of sp³-hybridized carbons (Fsp3) is 0. The van der Waals surface area contributed by atoms with Gasteiger partial charge in [0, 0.05) is 27.8 Å². The fourth-order valence-corrected chi connectivity index (χ4v) is 7.91. The topological polar surface area (TPSA) is 16.4 Å². The van der Waals surface area contributed by atoms with E-state index in [0.29, 0.717) is 0 Å². The minimum atomic E-state index is 0.894. The minimum absolute atomic E-state index is 0.894. The van der Waals surface area contributed by atoms with E-state index >= 15 is 0 Å². The number of benzene rings is 9. The van der Waals surface area contributed by atoms with Crippen molar-refractivity contribution in [3.05, 3.63) is 212 Å². The molecular formula is C52H35NO. The molecule has 0 aliphatic heterocycles. The number of rotatable bonds is 7. The first-order chi connectivity index (χ1) is 26.8. The van der Waals surface area contributed by atoms with E-state index in [-0.39, 0.29) is 0 Å². The van der Waals surface area contributed by atoms with E-state index in [2.05, 4.69) is 205 Å². The Morgan fingerprint density at radius 3 is 1.63 bits per heavy atom. The van der Waals surface area contributed by atoms with E-state index in [1.807, 2.05) is 12.1 Å². The number of hydrogen-bond acceptors (Lipinski definition) is 2. The zero-order valence-corrected chi connectivity index (χ0v) is 29.6. The highest BCUT2D eigenvalue weighted by molar-refractivity contribution is 6.13. The molecular weight excluding hydrogens is 655 g/mol. The second kappa shape index (κ2) is 13.4. The summed E-state index contributed by atoms with van der Waals surface area (Å²) in [6.45, 7) is 0. The number of anilines is 3. The van der Waals surface area contributed by atoms with Gasteiger partial charge >= 0.3 is 0 Å². The van der Waals surface area contributed by atoms with E-state index in [0.717, 1.165) is 61.3 Å². The lowest BCUT2D eigenvalue weighted by atomic mass is 9.91. The predicted molar refractivity (Wildman–Crippen MR) is 228 cm³/mol. The molecule has 1 aromatic heterocycles. The third kappa shape index (κ3) is 5.62. The molecule has 9 aromatic carbocycles. The Morgan fingerprint density at radius 2 is 0.833 bits per heavy atom. The van der Waals surface area contributed by atoms with Crippen molar-refractivity contribution in [2.24, 2.45) is 0 Å². The third-order valence-electron chi connectivity index (χ3n) is 10.5. The van der Waals surface area contributed by atoms with Gasteiger partial charge in [0.2, 0.25) is 0 Å². The summed E-state index contributed by atoms with van der Waals surface area (Å²) in [6, 6.07) is 75.8. The molecule has 10 aromatic rings. The highest BCUT2D eigenvalue weighted by Crippen LogP contribution is 2.44. The SMILES string of the molecule is c1ccc(-c2cc(N(c3ccccc3)c3ccc(-c4ccc(-c5cccc6ccccc56)cc4)cc3)ccc2-c2cccc3oc4ccccc4c23)cc1. The Morgan fingerprint density at radius 1 is 0.296 bits per heavy atom. The van der Waals surface area contributed by atoms with Crippen molar-refractivity contribution in [2.75, 3.05) is 4.90 Å². The molecule has 0 fully saturated rings. The molecule has 0 aliphatic rings. The molecule has 54 heavy (non-hydrogen) atoms. The molecule has 0 amide bonds. The number of furan rings is 1. The predicted octanol–water partition coefficient (Wildman–Crippen LogP) is 14.9. The van der Waals surface area contributed by atoms with Crippen LogP contribution in [0.5, 0.6) is 0 Å². The molecule has 10 rings (SSSR count). The molecule has 0 saturated heterocycles. The van der Waals surface area contributed by atoms with Gasteiger partial charge in [0.25, 0.3) is 0 Å². The molecule has 0 saturated carbocycles. The summed E-state index contributed by atoms with van der Waals surface area (Å²) >= 11 is 0. The van der Waals surface area contributed by atoms with Crippen LogP contribution in [0.2, 0.25) is 0 Å². The summed E-state index contributed by atoms with van der Waals surface area (Å²) in [7, 11) is 0. The standard InChI is InChI=1S/C52H35NO/c1-3-13-39(14-4-1)49-35-43(33-34-46(49)47-22-12-24-51-52(47)48-20-9-10-23-50(48)54-51)53(41-17-5-2-6-18-41)42-31-29-37(30-32-42)36-25-27-40(28-26-36)45-21-11-16-38-15-7-8-19-44(38)45/h1-35H. The maximum absolute atomic E-state index is 6.31. The van der Waals surface area contributed by atoms with Crippen LogP contribution in [0.3, 0.4) is 0 Å². The molecule has 2 nitrogen and oxygen atoms in total. The number of hydrogen-bond donors (Lipinski definition) is 0. The highest BCUT2D eigenvalue weighted by Gasteiger charge is 2.19. The summed E-state index contributed by atoms with van der Waals surface area (Å²) in [4.78, 5) is 2.34. The van der Waals surface area contributed by atoms with Gasteiger partial charge in [-0.2, -0.15) is 0 Å². The van der Waals surface area contributed by atoms with Gasteiger partial charge in [-0.15, -0.1) is 0 Å². The zero-order chi connectivity index (χ0) is 35.8. The first kappa shape index (κ1) is 31.6. The highest BCUT2D eigenvalue weighted by atomic mass is 16.3. The Balaban J connectivity index is 1.06. The Bertz CT molecular complexity index is 2900. The molecule has 0 bridgehead atoms. The average Bonchev–Trinajstić information content (AvgIpc) is 3.64. The monoisotopic (exact) mass is 689 g/mol. The van der Waals surface area contributed by atoms with E-state index in [1.54, 1.807) is 0 Å². The van der Waals surface area contributed by atoms with Gasteiger partial charge in [-0.25, -0.2) is 0 Å². The van der Waals surface area contributed by atoms with Crippen LogP contribution in [0.25, 0.3) is 77.2 Å². The van der Waals surface area contributed by atoms with Crippen LogP contribution in [0, 0.1) is 0 Å². The Hall–Kier alpha value is -7.16. The largest absolute Gasteiger partial charge is 0.456 e. The van der Waals surface area contributed by atoms with Crippen molar-refractivity contribution in [1.29, 1.82) is 0 Å². The fourth-order valence-electron chi connectivity index (χ4n) is 7.91. The summed E-state index contributed by atoms with van der Waals surface area (Å²) in [5.74, 6) is 0. The average molecular weight is 690 g/mol. The van der Waals surface area contributed by atoms with Gasteiger partial charge in [-0.3, -0.25) is 0 Å². The second-order valence-corrected chi connectivity index (χ2v) is 13.7. The maximum Gasteiger partial charge on any atom is 0.136 e. The summed E-state index contributed by atoms with van der Waals surface area (Å²) in [5.41, 5.74) is 14.5. The van der Waals surface area contributed by atoms with Gasteiger partial charge in [-0.1, -0.05) is 164 Å². The number of nitrogens with zero attached hydrogens (tertiary/aromatic N) is 1. The molecule has 254 valence electrons. The minimum Gasteiger partial charge on any atom is -0.456 e. The molecule has 0 aliphatic carbocycles. The Labute approximate surface area is 314 Å². The van der Waals surface area contributed by atoms with Crippen molar-refractivity contribution in [1.82, 2.24) is 0 Å². The van der Waals surface area contributed by atoms with Gasteiger partial charge in [-0.05, 0) is 104 Å². The van der Waals surface area contributed by atoms with Crippen LogP contribution >= 0.6 is 0 Å². The normalized spacial score (nSPS) is 11.3. The molecule has 2 heteroatoms. The molecule has 1 heterocycles.